The molecule has 5 aromatic rings. The van der Waals surface area contributed by atoms with Gasteiger partial charge in [-0.15, -0.1) is 0 Å². The Morgan fingerprint density at radius 2 is 1.26 bits per heavy atom. The summed E-state index contributed by atoms with van der Waals surface area (Å²) < 4.78 is 2.19. The summed E-state index contributed by atoms with van der Waals surface area (Å²) in [4.78, 5) is 15.6. The number of hydrogen-bond donors (Lipinski definition) is 1. The Bertz CT molecular complexity index is 1450. The van der Waals surface area contributed by atoms with Crippen molar-refractivity contribution in [3.8, 4) is 0 Å². The maximum Gasteiger partial charge on any atom is 0.326 e. The molecule has 0 aliphatic rings. The van der Waals surface area contributed by atoms with Crippen molar-refractivity contribution in [3.63, 3.8) is 0 Å². The van der Waals surface area contributed by atoms with E-state index in [4.69, 9.17) is 12.2 Å². The smallest absolute Gasteiger partial charge is 0.326 e. The van der Waals surface area contributed by atoms with E-state index in [-0.39, 0.29) is 22.7 Å². The summed E-state index contributed by atoms with van der Waals surface area (Å²) in [7, 11) is -2.02. The standard InChI is InChI=1S/C29H25N2OPS.BrH/c1-2-31-28(34)26-19-18-22(20-27(26)30-29(31)32)21-33(23-12-6-3-7-13-23,24-14-8-4-9-15-24)25-16-10-5-11-17-25;/h3-20H,2,21H2,1H3;1H. The molecule has 0 amide bonds. The molecule has 0 atom stereocenters. The number of nitrogens with zero attached hydrogens (tertiary/aromatic N) is 1. The number of benzene rings is 4. The third kappa shape index (κ3) is 4.69. The second-order valence-electron chi connectivity index (χ2n) is 8.33. The topological polar surface area (TPSA) is 37.8 Å². The van der Waals surface area contributed by atoms with Crippen LogP contribution in [-0.2, 0) is 12.7 Å². The molecular formula is C29H26BrN2OPS. The zero-order valence-corrected chi connectivity index (χ0v) is 22.7. The average molecular weight is 561 g/mol. The van der Waals surface area contributed by atoms with Gasteiger partial charge in [0.05, 0.1) is 11.7 Å². The van der Waals surface area contributed by atoms with Gasteiger partial charge in [-0.25, -0.2) is 4.79 Å². The fourth-order valence-electron chi connectivity index (χ4n) is 4.73. The Labute approximate surface area is 221 Å². The SMILES string of the molecule is CCn1c(=O)[nH]c2cc(C[P+](c3ccccc3)(c3ccccc3)c3ccccc3)ccc2c1=S.[Br-]. The molecule has 0 saturated carbocycles. The van der Waals surface area contributed by atoms with Gasteiger partial charge < -0.3 is 22.0 Å². The lowest BCUT2D eigenvalue weighted by Gasteiger charge is -2.28. The van der Waals surface area contributed by atoms with Gasteiger partial charge in [-0.3, -0.25) is 4.57 Å². The predicted molar refractivity (Wildman–Crippen MR) is 148 cm³/mol. The molecule has 0 radical (unpaired) electrons. The van der Waals surface area contributed by atoms with E-state index < -0.39 is 7.26 Å². The number of fused-ring (bicyclic) bond motifs is 1. The summed E-state index contributed by atoms with van der Waals surface area (Å²) >= 11 is 5.61. The number of H-pyrrole nitrogens is 1. The molecule has 0 bridgehead atoms. The van der Waals surface area contributed by atoms with Crippen LogP contribution in [0, 0.1) is 4.64 Å². The predicted octanol–water partition coefficient (Wildman–Crippen LogP) is 2.58. The van der Waals surface area contributed by atoms with Crippen LogP contribution in [0.25, 0.3) is 10.9 Å². The van der Waals surface area contributed by atoms with Crippen molar-refractivity contribution in [3.05, 3.63) is 130 Å². The van der Waals surface area contributed by atoms with Crippen molar-refractivity contribution in [1.29, 1.82) is 0 Å². The highest BCUT2D eigenvalue weighted by molar-refractivity contribution is 7.95. The van der Waals surface area contributed by atoms with Crippen LogP contribution in [0.1, 0.15) is 12.5 Å². The minimum atomic E-state index is -2.02. The largest absolute Gasteiger partial charge is 1.00 e. The lowest BCUT2D eigenvalue weighted by Crippen LogP contribution is -3.00. The van der Waals surface area contributed by atoms with E-state index in [0.717, 1.165) is 17.1 Å². The van der Waals surface area contributed by atoms with Gasteiger partial charge in [0.2, 0.25) is 0 Å². The number of aromatic amines is 1. The summed E-state index contributed by atoms with van der Waals surface area (Å²) in [5.74, 6) is 0. The number of halogens is 1. The fourth-order valence-corrected chi connectivity index (χ4v) is 9.35. The van der Waals surface area contributed by atoms with Crippen LogP contribution in [0.3, 0.4) is 0 Å². The molecule has 6 heteroatoms. The molecule has 176 valence electrons. The quantitative estimate of drug-likeness (QED) is 0.256. The third-order valence-electron chi connectivity index (χ3n) is 6.37. The van der Waals surface area contributed by atoms with Gasteiger partial charge in [0.15, 0.2) is 0 Å². The Hall–Kier alpha value is -2.85. The first kappa shape index (κ1) is 25.2. The molecule has 0 saturated heterocycles. The molecule has 0 unspecified atom stereocenters. The lowest BCUT2D eigenvalue weighted by atomic mass is 10.2. The molecule has 1 N–H and O–H groups in total. The molecule has 3 nitrogen and oxygen atoms in total. The first-order valence-electron chi connectivity index (χ1n) is 11.4. The third-order valence-corrected chi connectivity index (χ3v) is 11.2. The van der Waals surface area contributed by atoms with Crippen molar-refractivity contribution < 1.29 is 17.0 Å². The minimum Gasteiger partial charge on any atom is -1.00 e. The van der Waals surface area contributed by atoms with E-state index in [2.05, 4.69) is 114 Å². The van der Waals surface area contributed by atoms with Crippen molar-refractivity contribution in [1.82, 2.24) is 9.55 Å². The first-order chi connectivity index (χ1) is 16.6. The average Bonchev–Trinajstić information content (AvgIpc) is 2.89. The Balaban J connectivity index is 0.00000289. The molecule has 35 heavy (non-hydrogen) atoms. The number of nitrogens with one attached hydrogen (secondary N) is 1. The van der Waals surface area contributed by atoms with Gasteiger partial charge in [0, 0.05) is 11.9 Å². The van der Waals surface area contributed by atoms with Gasteiger partial charge >= 0.3 is 5.69 Å². The van der Waals surface area contributed by atoms with Gasteiger partial charge in [-0.1, -0.05) is 72.9 Å². The molecule has 5 rings (SSSR count). The lowest BCUT2D eigenvalue weighted by molar-refractivity contribution is -0.00000672. The minimum absolute atomic E-state index is 0. The Morgan fingerprint density at radius 1 is 0.771 bits per heavy atom. The first-order valence-corrected chi connectivity index (χ1v) is 13.8. The number of rotatable bonds is 6. The molecular weight excluding hydrogens is 535 g/mol. The molecule has 0 fully saturated rings. The Morgan fingerprint density at radius 3 is 1.71 bits per heavy atom. The maximum atomic E-state index is 12.6. The van der Waals surface area contributed by atoms with E-state index in [1.807, 2.05) is 6.92 Å². The van der Waals surface area contributed by atoms with Crippen LogP contribution in [0.15, 0.2) is 114 Å². The van der Waals surface area contributed by atoms with Crippen molar-refractivity contribution in [2.75, 3.05) is 0 Å². The maximum absolute atomic E-state index is 12.6. The highest BCUT2D eigenvalue weighted by atomic mass is 79.9. The van der Waals surface area contributed by atoms with Crippen LogP contribution in [0.4, 0.5) is 0 Å². The van der Waals surface area contributed by atoms with E-state index in [1.165, 1.54) is 21.5 Å². The normalized spacial score (nSPS) is 11.2. The summed E-state index contributed by atoms with van der Waals surface area (Å²) in [6.45, 7) is 2.49. The zero-order chi connectivity index (χ0) is 23.5. The molecule has 0 aliphatic heterocycles. The number of aromatic nitrogens is 2. The van der Waals surface area contributed by atoms with Crippen LogP contribution in [0.2, 0.25) is 0 Å². The molecule has 0 aliphatic carbocycles. The highest BCUT2D eigenvalue weighted by Gasteiger charge is 2.45. The molecule has 1 heterocycles. The highest BCUT2D eigenvalue weighted by Crippen LogP contribution is 2.58. The second-order valence-corrected chi connectivity index (χ2v) is 12.2. The summed E-state index contributed by atoms with van der Waals surface area (Å²) in [5, 5.41) is 4.91. The van der Waals surface area contributed by atoms with Gasteiger partial charge in [-0.2, -0.15) is 0 Å². The molecule has 1 aromatic heterocycles. The Kier molecular flexibility index (Phi) is 7.81. The molecule has 4 aromatic carbocycles. The van der Waals surface area contributed by atoms with Gasteiger partial charge in [0.1, 0.15) is 27.8 Å². The second kappa shape index (κ2) is 10.8. The summed E-state index contributed by atoms with van der Waals surface area (Å²) in [5.41, 5.74) is 1.81. The molecule has 0 spiro atoms. The zero-order valence-electron chi connectivity index (χ0n) is 19.4. The van der Waals surface area contributed by atoms with Gasteiger partial charge in [-0.05, 0) is 61.0 Å². The van der Waals surface area contributed by atoms with E-state index in [1.54, 1.807) is 4.57 Å². The van der Waals surface area contributed by atoms with Crippen LogP contribution in [0.5, 0.6) is 0 Å². The summed E-state index contributed by atoms with van der Waals surface area (Å²) in [6.07, 6.45) is 0.846. The number of hydrogen-bond acceptors (Lipinski definition) is 2. The van der Waals surface area contributed by atoms with E-state index in [0.29, 0.717) is 11.2 Å². The van der Waals surface area contributed by atoms with Gasteiger partial charge in [0.25, 0.3) is 0 Å². The van der Waals surface area contributed by atoms with Crippen LogP contribution < -0.4 is 38.6 Å². The van der Waals surface area contributed by atoms with Crippen LogP contribution in [-0.4, -0.2) is 9.55 Å². The monoisotopic (exact) mass is 560 g/mol. The fraction of sp³-hybridized carbons (Fsp3) is 0.103. The summed E-state index contributed by atoms with van der Waals surface area (Å²) in [6, 6.07) is 38.8. The van der Waals surface area contributed by atoms with E-state index in [9.17, 15) is 4.79 Å². The van der Waals surface area contributed by atoms with E-state index >= 15 is 0 Å². The van der Waals surface area contributed by atoms with Crippen molar-refractivity contribution in [2.24, 2.45) is 0 Å². The van der Waals surface area contributed by atoms with Crippen LogP contribution >= 0.6 is 19.5 Å². The van der Waals surface area contributed by atoms with Crippen molar-refractivity contribution in [2.45, 2.75) is 19.6 Å². The van der Waals surface area contributed by atoms with Crippen molar-refractivity contribution >= 4 is 46.3 Å².